The van der Waals surface area contributed by atoms with Gasteiger partial charge >= 0.3 is 0 Å². The summed E-state index contributed by atoms with van der Waals surface area (Å²) in [6.07, 6.45) is -1.42. The Balaban J connectivity index is 1.26. The summed E-state index contributed by atoms with van der Waals surface area (Å²) < 4.78 is 54.0. The molecule has 0 radical (unpaired) electrons. The number of hydrogen-bond donors (Lipinski definition) is 1. The lowest BCUT2D eigenvalue weighted by Gasteiger charge is -2.46. The van der Waals surface area contributed by atoms with Gasteiger partial charge in [0.1, 0.15) is 30.5 Å². The van der Waals surface area contributed by atoms with Crippen molar-refractivity contribution in [1.82, 2.24) is 5.32 Å². The molecule has 0 saturated carbocycles. The number of carbonyl (C=O) groups is 1. The number of benzene rings is 4. The van der Waals surface area contributed by atoms with E-state index in [1.807, 2.05) is 135 Å². The van der Waals surface area contributed by atoms with Gasteiger partial charge in [0.2, 0.25) is 0 Å². The third kappa shape index (κ3) is 21.7. The zero-order chi connectivity index (χ0) is 54.7. The standard InChI is InChI=1S/C68H61NO9/c1-5-7-9-10-11-12-13-14-15-16-17-18-19-20-21-22-23-24-38-48-62(70)69-59(63-60(47-29-8-6-2)77-68(3,4)78-63)53-75-67-66(74-52-58-45-36-28-37-46-58)65(73-51-57-43-34-27-35-44-57)64(72-50-56-41-32-26-33-42-56)61(76-67)54-71-49-55-39-30-25-31-40-55/h25-28,30-37,39-46,59-61,63-67H,6,8,29,47,49-54H2,1-4H3,(H,69,70)/t59-,60+,61?,63-,64?,65?,66?,67?/m0/s1. The van der Waals surface area contributed by atoms with Crippen LogP contribution in [0.1, 0.15) is 75.6 Å². The van der Waals surface area contributed by atoms with Crippen LogP contribution in [0.25, 0.3) is 0 Å². The van der Waals surface area contributed by atoms with Crippen molar-refractivity contribution in [3.63, 3.8) is 0 Å². The molecular weight excluding hydrogens is 975 g/mol. The molecule has 4 aromatic carbocycles. The Kier molecular flexibility index (Phi) is 25.9. The normalized spacial score (nSPS) is 19.4. The van der Waals surface area contributed by atoms with E-state index in [1.54, 1.807) is 6.92 Å². The number of amides is 1. The fourth-order valence-corrected chi connectivity index (χ4v) is 8.18. The van der Waals surface area contributed by atoms with Gasteiger partial charge in [-0.15, -0.1) is 0 Å². The van der Waals surface area contributed by atoms with Crippen molar-refractivity contribution >= 4 is 5.91 Å². The van der Waals surface area contributed by atoms with E-state index in [0.29, 0.717) is 13.0 Å². The molecule has 392 valence electrons. The van der Waals surface area contributed by atoms with E-state index < -0.39 is 54.5 Å². The van der Waals surface area contributed by atoms with Crippen molar-refractivity contribution in [3.05, 3.63) is 144 Å². The van der Waals surface area contributed by atoms with Crippen LogP contribution in [-0.2, 0) is 69.1 Å². The fourth-order valence-electron chi connectivity index (χ4n) is 8.18. The van der Waals surface area contributed by atoms with Crippen molar-refractivity contribution < 1.29 is 42.7 Å². The summed E-state index contributed by atoms with van der Waals surface area (Å²) in [5.74, 6) is 49.8. The smallest absolute Gasteiger partial charge is 0.297 e. The first kappa shape index (κ1) is 58.9. The quantitative estimate of drug-likeness (QED) is 0.0615. The SMILES string of the molecule is CC#CC#CC#CC#CC#CC#CC#CC#CC#CC#CC(=O)N[C@@H](COC1OC(COCc2ccccc2)C(OCc2ccccc2)C(OCc2ccccc2)C1OCc1ccccc1)[C@@H]1OC(C)(C)O[C@@H]1CCCCC. The Bertz CT molecular complexity index is 3210. The molecule has 0 aliphatic carbocycles. The molecule has 5 unspecified atom stereocenters. The highest BCUT2D eigenvalue weighted by Gasteiger charge is 2.51. The monoisotopic (exact) mass is 1040 g/mol. The predicted molar refractivity (Wildman–Crippen MR) is 299 cm³/mol. The van der Waals surface area contributed by atoms with Crippen LogP contribution in [0.5, 0.6) is 0 Å². The van der Waals surface area contributed by atoms with Crippen LogP contribution in [0.15, 0.2) is 121 Å². The average molecular weight is 1040 g/mol. The van der Waals surface area contributed by atoms with Gasteiger partial charge in [0.25, 0.3) is 5.91 Å². The number of rotatable bonds is 22. The maximum absolute atomic E-state index is 13.8. The molecule has 0 aromatic heterocycles. The number of nitrogens with one attached hydrogen (secondary N) is 1. The molecule has 2 aliphatic heterocycles. The zero-order valence-electron chi connectivity index (χ0n) is 44.4. The van der Waals surface area contributed by atoms with Crippen LogP contribution in [0.4, 0.5) is 0 Å². The van der Waals surface area contributed by atoms with Crippen molar-refractivity contribution in [2.45, 2.75) is 135 Å². The molecule has 10 heteroatoms. The largest absolute Gasteiger partial charge is 0.374 e. The van der Waals surface area contributed by atoms with Gasteiger partial charge in [0.05, 0.1) is 51.8 Å². The van der Waals surface area contributed by atoms with E-state index in [4.69, 9.17) is 37.9 Å². The highest BCUT2D eigenvalue weighted by molar-refractivity contribution is 5.94. The molecule has 0 spiro atoms. The molecule has 10 nitrogen and oxygen atoms in total. The molecule has 1 amide bonds. The van der Waals surface area contributed by atoms with E-state index in [1.165, 1.54) is 0 Å². The molecule has 0 bridgehead atoms. The second-order valence-electron chi connectivity index (χ2n) is 18.0. The lowest BCUT2D eigenvalue weighted by molar-refractivity contribution is -0.329. The molecule has 2 aliphatic rings. The Morgan fingerprint density at radius 1 is 0.526 bits per heavy atom. The molecule has 2 saturated heterocycles. The highest BCUT2D eigenvalue weighted by atomic mass is 16.8. The highest BCUT2D eigenvalue weighted by Crippen LogP contribution is 2.35. The van der Waals surface area contributed by atoms with Gasteiger partial charge in [-0.2, -0.15) is 0 Å². The minimum Gasteiger partial charge on any atom is -0.374 e. The van der Waals surface area contributed by atoms with Crippen LogP contribution in [0.2, 0.25) is 0 Å². The van der Waals surface area contributed by atoms with Gasteiger partial charge in [0.15, 0.2) is 12.1 Å². The Hall–Kier alpha value is -8.37. The Morgan fingerprint density at radius 3 is 1.44 bits per heavy atom. The number of unbranched alkanes of at least 4 members (excludes halogenated alkanes) is 2. The van der Waals surface area contributed by atoms with Gasteiger partial charge < -0.3 is 43.2 Å². The maximum Gasteiger partial charge on any atom is 0.297 e. The molecule has 4 aromatic rings. The average Bonchev–Trinajstić information content (AvgIpc) is 3.79. The van der Waals surface area contributed by atoms with E-state index in [0.717, 1.165) is 41.5 Å². The molecule has 78 heavy (non-hydrogen) atoms. The Morgan fingerprint density at radius 2 is 0.962 bits per heavy atom. The Labute approximate surface area is 461 Å². The molecule has 8 atom stereocenters. The topological polar surface area (TPSA) is 103 Å². The number of carbonyl (C=O) groups excluding carboxylic acids is 1. The molecule has 6 rings (SSSR count). The molecular formula is C68H61NO9. The third-order valence-electron chi connectivity index (χ3n) is 11.7. The fraction of sp³-hybridized carbons (Fsp3) is 0.338. The van der Waals surface area contributed by atoms with Crippen LogP contribution < -0.4 is 5.32 Å². The third-order valence-corrected chi connectivity index (χ3v) is 11.7. The van der Waals surface area contributed by atoms with Crippen LogP contribution in [-0.4, -0.2) is 73.9 Å². The first-order valence-electron chi connectivity index (χ1n) is 25.8. The van der Waals surface area contributed by atoms with Gasteiger partial charge in [-0.1, -0.05) is 153 Å². The first-order chi connectivity index (χ1) is 38.3. The molecule has 1 N–H and O–H groups in total. The van der Waals surface area contributed by atoms with Crippen LogP contribution in [0, 0.1) is 118 Å². The maximum atomic E-state index is 13.8. The van der Waals surface area contributed by atoms with Gasteiger partial charge in [-0.05, 0) is 144 Å². The predicted octanol–water partition coefficient (Wildman–Crippen LogP) is 8.34. The second kappa shape index (κ2) is 34.3. The van der Waals surface area contributed by atoms with E-state index in [2.05, 4.69) is 131 Å². The van der Waals surface area contributed by atoms with E-state index in [9.17, 15) is 4.79 Å². The summed E-state index contributed by atoms with van der Waals surface area (Å²) in [6.45, 7) is 8.68. The van der Waals surface area contributed by atoms with E-state index in [-0.39, 0.29) is 39.1 Å². The molecule has 2 fully saturated rings. The summed E-state index contributed by atoms with van der Waals surface area (Å²) >= 11 is 0. The lowest BCUT2D eigenvalue weighted by atomic mass is 9.97. The zero-order valence-corrected chi connectivity index (χ0v) is 44.4. The van der Waals surface area contributed by atoms with Crippen LogP contribution in [0.3, 0.4) is 0 Å². The van der Waals surface area contributed by atoms with Gasteiger partial charge in [0, 0.05) is 17.8 Å². The first-order valence-corrected chi connectivity index (χ1v) is 25.8. The minimum atomic E-state index is -1.06. The second-order valence-corrected chi connectivity index (χ2v) is 18.0. The summed E-state index contributed by atoms with van der Waals surface area (Å²) in [6, 6.07) is 38.9. The van der Waals surface area contributed by atoms with Crippen molar-refractivity contribution in [3.8, 4) is 118 Å². The van der Waals surface area contributed by atoms with Crippen LogP contribution >= 0.6 is 0 Å². The lowest BCUT2D eigenvalue weighted by Crippen LogP contribution is -2.62. The van der Waals surface area contributed by atoms with Gasteiger partial charge in [-0.25, -0.2) is 0 Å². The van der Waals surface area contributed by atoms with E-state index >= 15 is 0 Å². The summed E-state index contributed by atoms with van der Waals surface area (Å²) in [4.78, 5) is 13.8. The summed E-state index contributed by atoms with van der Waals surface area (Å²) in [5, 5.41) is 3.06. The van der Waals surface area contributed by atoms with Gasteiger partial charge in [-0.3, -0.25) is 4.79 Å². The minimum absolute atomic E-state index is 0.0895. The van der Waals surface area contributed by atoms with Crippen molar-refractivity contribution in [1.29, 1.82) is 0 Å². The molecule has 2 heterocycles. The summed E-state index contributed by atoms with van der Waals surface area (Å²) in [5.41, 5.74) is 3.88. The van der Waals surface area contributed by atoms with Crippen molar-refractivity contribution in [2.24, 2.45) is 0 Å². The van der Waals surface area contributed by atoms with Crippen molar-refractivity contribution in [2.75, 3.05) is 13.2 Å². The summed E-state index contributed by atoms with van der Waals surface area (Å²) in [7, 11) is 0. The number of ether oxygens (including phenoxy) is 8. The number of hydrogen-bond acceptors (Lipinski definition) is 9.